The van der Waals surface area contributed by atoms with E-state index >= 15 is 0 Å². The highest BCUT2D eigenvalue weighted by Crippen LogP contribution is 2.18. The third-order valence-electron chi connectivity index (χ3n) is 1.91. The molecule has 0 aliphatic rings. The van der Waals surface area contributed by atoms with Gasteiger partial charge in [-0.2, -0.15) is 0 Å². The number of carboxylic acid groups (broad SMARTS) is 1. The maximum atomic E-state index is 13.1. The van der Waals surface area contributed by atoms with Crippen LogP contribution in [0.3, 0.4) is 0 Å². The monoisotopic (exact) mass is 198 g/mol. The van der Waals surface area contributed by atoms with E-state index in [1.165, 1.54) is 12.1 Å². The van der Waals surface area contributed by atoms with E-state index in [9.17, 15) is 9.18 Å². The zero-order valence-electron chi connectivity index (χ0n) is 7.40. The average Bonchev–Trinajstić information content (AvgIpc) is 2.15. The Morgan fingerprint density at radius 2 is 2.21 bits per heavy atom. The van der Waals surface area contributed by atoms with Crippen molar-refractivity contribution in [3.8, 4) is 0 Å². The van der Waals surface area contributed by atoms with Gasteiger partial charge in [0.15, 0.2) is 0 Å². The van der Waals surface area contributed by atoms with Crippen LogP contribution < -0.4 is 11.5 Å². The molecule has 0 unspecified atom stereocenters. The Labute approximate surface area is 80.3 Å². The van der Waals surface area contributed by atoms with Crippen molar-refractivity contribution in [1.29, 1.82) is 0 Å². The SMILES string of the molecule is NC[C@@H](N)c1cccc(F)c1C(=O)O. The quantitative estimate of drug-likeness (QED) is 0.659. The van der Waals surface area contributed by atoms with E-state index < -0.39 is 23.4 Å². The number of carboxylic acids is 1. The molecule has 0 bridgehead atoms. The van der Waals surface area contributed by atoms with Gasteiger partial charge in [0.2, 0.25) is 0 Å². The highest BCUT2D eigenvalue weighted by Gasteiger charge is 2.18. The third kappa shape index (κ3) is 1.89. The van der Waals surface area contributed by atoms with E-state index in [0.29, 0.717) is 0 Å². The largest absolute Gasteiger partial charge is 0.478 e. The molecule has 0 spiro atoms. The van der Waals surface area contributed by atoms with Gasteiger partial charge in [0.25, 0.3) is 0 Å². The maximum absolute atomic E-state index is 13.1. The fourth-order valence-electron chi connectivity index (χ4n) is 1.20. The highest BCUT2D eigenvalue weighted by atomic mass is 19.1. The number of benzene rings is 1. The predicted molar refractivity (Wildman–Crippen MR) is 49.3 cm³/mol. The van der Waals surface area contributed by atoms with Gasteiger partial charge in [-0.15, -0.1) is 0 Å². The summed E-state index contributed by atoms with van der Waals surface area (Å²) in [6.45, 7) is 0.0731. The number of nitrogens with two attached hydrogens (primary N) is 2. The van der Waals surface area contributed by atoms with Crippen LogP contribution in [-0.4, -0.2) is 17.6 Å². The van der Waals surface area contributed by atoms with Gasteiger partial charge in [0, 0.05) is 12.6 Å². The Hall–Kier alpha value is -1.46. The first kappa shape index (κ1) is 10.6. The minimum absolute atomic E-state index is 0.0731. The number of carbonyl (C=O) groups is 1. The van der Waals surface area contributed by atoms with E-state index in [1.54, 1.807) is 0 Å². The van der Waals surface area contributed by atoms with Crippen LogP contribution in [0.4, 0.5) is 4.39 Å². The van der Waals surface area contributed by atoms with E-state index in [4.69, 9.17) is 16.6 Å². The summed E-state index contributed by atoms with van der Waals surface area (Å²) in [5.41, 5.74) is 10.7. The number of rotatable bonds is 3. The first-order valence-corrected chi connectivity index (χ1v) is 4.05. The Morgan fingerprint density at radius 3 is 2.71 bits per heavy atom. The Balaban J connectivity index is 3.28. The normalized spacial score (nSPS) is 12.5. The lowest BCUT2D eigenvalue weighted by Crippen LogP contribution is -2.23. The summed E-state index contributed by atoms with van der Waals surface area (Å²) in [6.07, 6.45) is 0. The molecule has 0 aliphatic carbocycles. The lowest BCUT2D eigenvalue weighted by Gasteiger charge is -2.12. The van der Waals surface area contributed by atoms with E-state index in [2.05, 4.69) is 0 Å². The summed E-state index contributed by atoms with van der Waals surface area (Å²) < 4.78 is 13.1. The summed E-state index contributed by atoms with van der Waals surface area (Å²) in [5, 5.41) is 8.75. The second kappa shape index (κ2) is 4.17. The average molecular weight is 198 g/mol. The molecule has 0 fully saturated rings. The second-order valence-corrected chi connectivity index (χ2v) is 2.85. The molecular weight excluding hydrogens is 187 g/mol. The molecule has 0 saturated heterocycles. The van der Waals surface area contributed by atoms with Gasteiger partial charge in [-0.3, -0.25) is 0 Å². The molecule has 14 heavy (non-hydrogen) atoms. The molecule has 0 aromatic heterocycles. The minimum atomic E-state index is -1.33. The van der Waals surface area contributed by atoms with Crippen LogP contribution in [0.5, 0.6) is 0 Å². The summed E-state index contributed by atoms with van der Waals surface area (Å²) >= 11 is 0. The molecule has 1 atom stereocenters. The van der Waals surface area contributed by atoms with Crippen LogP contribution in [-0.2, 0) is 0 Å². The topological polar surface area (TPSA) is 89.3 Å². The number of aromatic carboxylic acids is 1. The van der Waals surface area contributed by atoms with Crippen LogP contribution in [0.25, 0.3) is 0 Å². The van der Waals surface area contributed by atoms with Crippen molar-refractivity contribution in [2.75, 3.05) is 6.54 Å². The molecule has 0 aliphatic heterocycles. The molecule has 0 heterocycles. The molecule has 76 valence electrons. The molecule has 0 saturated carbocycles. The zero-order valence-corrected chi connectivity index (χ0v) is 7.40. The molecule has 5 N–H and O–H groups in total. The maximum Gasteiger partial charge on any atom is 0.339 e. The zero-order chi connectivity index (χ0) is 10.7. The summed E-state index contributed by atoms with van der Waals surface area (Å²) in [6, 6.07) is 3.30. The van der Waals surface area contributed by atoms with Crippen molar-refractivity contribution >= 4 is 5.97 Å². The fraction of sp³-hybridized carbons (Fsp3) is 0.222. The molecule has 5 heteroatoms. The van der Waals surface area contributed by atoms with Crippen molar-refractivity contribution < 1.29 is 14.3 Å². The van der Waals surface area contributed by atoms with E-state index in [-0.39, 0.29) is 12.1 Å². The van der Waals surface area contributed by atoms with Crippen molar-refractivity contribution in [3.63, 3.8) is 0 Å². The van der Waals surface area contributed by atoms with Crippen LogP contribution in [0.1, 0.15) is 22.0 Å². The van der Waals surface area contributed by atoms with Crippen LogP contribution in [0.15, 0.2) is 18.2 Å². The van der Waals surface area contributed by atoms with Gasteiger partial charge in [-0.1, -0.05) is 12.1 Å². The Bertz CT molecular complexity index is 355. The van der Waals surface area contributed by atoms with Gasteiger partial charge in [0.1, 0.15) is 5.82 Å². The number of hydrogen-bond donors (Lipinski definition) is 3. The standard InChI is InChI=1S/C9H11FN2O2/c10-6-3-1-2-5(7(12)4-11)8(6)9(13)14/h1-3,7H,4,11-12H2,(H,13,14)/t7-/m1/s1. The van der Waals surface area contributed by atoms with E-state index in [0.717, 1.165) is 6.07 Å². The number of halogens is 1. The number of hydrogen-bond acceptors (Lipinski definition) is 3. The summed E-state index contributed by atoms with van der Waals surface area (Å²) in [5.74, 6) is -2.12. The van der Waals surface area contributed by atoms with Gasteiger partial charge in [0.05, 0.1) is 5.56 Å². The smallest absolute Gasteiger partial charge is 0.339 e. The molecule has 0 radical (unpaired) electrons. The molecule has 1 aromatic rings. The fourth-order valence-corrected chi connectivity index (χ4v) is 1.20. The first-order valence-electron chi connectivity index (χ1n) is 4.05. The van der Waals surface area contributed by atoms with Crippen molar-refractivity contribution in [1.82, 2.24) is 0 Å². The van der Waals surface area contributed by atoms with Crippen molar-refractivity contribution in [2.24, 2.45) is 11.5 Å². The highest BCUT2D eigenvalue weighted by molar-refractivity contribution is 5.89. The molecule has 1 rings (SSSR count). The first-order chi connectivity index (χ1) is 6.57. The molecule has 4 nitrogen and oxygen atoms in total. The summed E-state index contributed by atoms with van der Waals surface area (Å²) in [7, 11) is 0. The lowest BCUT2D eigenvalue weighted by atomic mass is 10.0. The predicted octanol–water partition coefficient (Wildman–Crippen LogP) is 0.482. The van der Waals surface area contributed by atoms with Gasteiger partial charge >= 0.3 is 5.97 Å². The summed E-state index contributed by atoms with van der Waals surface area (Å²) in [4.78, 5) is 10.7. The molecular formula is C9H11FN2O2. The van der Waals surface area contributed by atoms with Crippen molar-refractivity contribution in [2.45, 2.75) is 6.04 Å². The third-order valence-corrected chi connectivity index (χ3v) is 1.91. The van der Waals surface area contributed by atoms with Crippen molar-refractivity contribution in [3.05, 3.63) is 35.1 Å². The van der Waals surface area contributed by atoms with Crippen LogP contribution in [0, 0.1) is 5.82 Å². The molecule has 0 amide bonds. The lowest BCUT2D eigenvalue weighted by molar-refractivity contribution is 0.0690. The van der Waals surface area contributed by atoms with Crippen LogP contribution >= 0.6 is 0 Å². The van der Waals surface area contributed by atoms with Crippen LogP contribution in [0.2, 0.25) is 0 Å². The molecule has 1 aromatic carbocycles. The Morgan fingerprint density at radius 1 is 1.57 bits per heavy atom. The van der Waals surface area contributed by atoms with Gasteiger partial charge in [-0.25, -0.2) is 9.18 Å². The Kier molecular flexibility index (Phi) is 3.16. The minimum Gasteiger partial charge on any atom is -0.478 e. The van der Waals surface area contributed by atoms with Gasteiger partial charge in [-0.05, 0) is 11.6 Å². The van der Waals surface area contributed by atoms with E-state index in [1.807, 2.05) is 0 Å². The van der Waals surface area contributed by atoms with Gasteiger partial charge < -0.3 is 16.6 Å². The second-order valence-electron chi connectivity index (χ2n) is 2.85.